The molecular formula is C8H11ClN4O3. The summed E-state index contributed by atoms with van der Waals surface area (Å²) in [6.45, 7) is -0.281. The molecule has 0 fully saturated rings. The molecule has 1 heterocycles. The first-order chi connectivity index (χ1) is 7.56. The number of hydrogen-bond acceptors (Lipinski definition) is 5. The maximum absolute atomic E-state index is 11.5. The van der Waals surface area contributed by atoms with Crippen molar-refractivity contribution in [3.63, 3.8) is 0 Å². The number of carbonyl (C=O) groups is 1. The second kappa shape index (κ2) is 5.47. The molecule has 4 N–H and O–H groups in total. The molecule has 7 nitrogen and oxygen atoms in total. The van der Waals surface area contributed by atoms with Crippen molar-refractivity contribution in [2.75, 3.05) is 18.5 Å². The van der Waals surface area contributed by atoms with Gasteiger partial charge in [0.05, 0.1) is 31.6 Å². The van der Waals surface area contributed by atoms with E-state index in [0.29, 0.717) is 0 Å². The largest absolute Gasteiger partial charge is 0.394 e. The summed E-state index contributed by atoms with van der Waals surface area (Å²) in [5, 5.41) is 14.9. The van der Waals surface area contributed by atoms with Gasteiger partial charge in [-0.2, -0.15) is 5.10 Å². The van der Waals surface area contributed by atoms with Gasteiger partial charge in [0.2, 0.25) is 5.91 Å². The van der Waals surface area contributed by atoms with Crippen molar-refractivity contribution in [3.05, 3.63) is 21.6 Å². The zero-order valence-corrected chi connectivity index (χ0v) is 9.07. The van der Waals surface area contributed by atoms with Crippen LogP contribution in [0.2, 0.25) is 5.02 Å². The van der Waals surface area contributed by atoms with Gasteiger partial charge in [0.25, 0.3) is 5.56 Å². The van der Waals surface area contributed by atoms with Gasteiger partial charge in [0, 0.05) is 0 Å². The Kier molecular flexibility index (Phi) is 4.27. The number of nitrogens with two attached hydrogens (primary N) is 1. The molecule has 16 heavy (non-hydrogen) atoms. The molecule has 0 saturated carbocycles. The van der Waals surface area contributed by atoms with Crippen LogP contribution >= 0.6 is 11.6 Å². The molecule has 88 valence electrons. The van der Waals surface area contributed by atoms with E-state index in [0.717, 1.165) is 4.68 Å². The molecule has 0 spiro atoms. The van der Waals surface area contributed by atoms with Crippen LogP contribution in [0, 0.1) is 0 Å². The molecule has 1 amide bonds. The summed E-state index contributed by atoms with van der Waals surface area (Å²) in [6.07, 6.45) is 1.29. The van der Waals surface area contributed by atoms with Gasteiger partial charge in [-0.1, -0.05) is 11.6 Å². The number of nitrogens with one attached hydrogen (secondary N) is 1. The number of carbonyl (C=O) groups excluding carboxylic acids is 1. The van der Waals surface area contributed by atoms with Crippen molar-refractivity contribution >= 4 is 23.2 Å². The summed E-state index contributed by atoms with van der Waals surface area (Å²) in [5.41, 5.74) is 4.62. The van der Waals surface area contributed by atoms with Gasteiger partial charge in [-0.25, -0.2) is 4.68 Å². The fourth-order valence-electron chi connectivity index (χ4n) is 1.02. The molecule has 8 heteroatoms. The number of aromatic nitrogens is 2. The topological polar surface area (TPSA) is 110 Å². The molecular weight excluding hydrogens is 236 g/mol. The average Bonchev–Trinajstić information content (AvgIpc) is 2.24. The molecule has 0 aromatic carbocycles. The van der Waals surface area contributed by atoms with Crippen LogP contribution in [-0.2, 0) is 11.3 Å². The number of rotatable bonds is 5. The van der Waals surface area contributed by atoms with Crippen molar-refractivity contribution in [2.45, 2.75) is 6.54 Å². The summed E-state index contributed by atoms with van der Waals surface area (Å²) >= 11 is 5.75. The molecule has 0 radical (unpaired) electrons. The lowest BCUT2D eigenvalue weighted by Gasteiger charge is -2.07. The highest BCUT2D eigenvalue weighted by Gasteiger charge is 2.08. The molecule has 0 aliphatic heterocycles. The number of nitrogens with zero attached hydrogens (tertiary/aromatic N) is 2. The van der Waals surface area contributed by atoms with Crippen LogP contribution in [0.5, 0.6) is 0 Å². The highest BCUT2D eigenvalue weighted by molar-refractivity contribution is 6.33. The van der Waals surface area contributed by atoms with Gasteiger partial charge in [-0.05, 0) is 0 Å². The summed E-state index contributed by atoms with van der Waals surface area (Å²) in [5.74, 6) is -0.574. The summed E-state index contributed by atoms with van der Waals surface area (Å²) in [6, 6.07) is 0. The van der Waals surface area contributed by atoms with E-state index in [4.69, 9.17) is 22.4 Å². The Balaban J connectivity index is 2.93. The maximum Gasteiger partial charge on any atom is 0.287 e. The Labute approximate surface area is 95.8 Å². The number of aliphatic hydroxyl groups excluding tert-OH is 1. The van der Waals surface area contributed by atoms with Crippen molar-refractivity contribution in [3.8, 4) is 0 Å². The molecule has 0 aliphatic rings. The SMILES string of the molecule is NC(=O)CNc1cnn(CCO)c(=O)c1Cl. The standard InChI is InChI=1S/C8H11ClN4O3/c9-7-5(11-4-6(10)15)3-12-13(1-2-14)8(7)16/h3,11,14H,1-2,4H2,(H2,10,15). The van der Waals surface area contributed by atoms with Gasteiger partial charge in [0.15, 0.2) is 0 Å². The van der Waals surface area contributed by atoms with E-state index in [1.54, 1.807) is 0 Å². The third kappa shape index (κ3) is 2.94. The highest BCUT2D eigenvalue weighted by Crippen LogP contribution is 2.14. The second-order valence-corrected chi connectivity index (χ2v) is 3.32. The number of aliphatic hydroxyl groups is 1. The minimum Gasteiger partial charge on any atom is -0.394 e. The minimum absolute atomic E-state index is 0.0641. The molecule has 0 atom stereocenters. The molecule has 1 aromatic heterocycles. The van der Waals surface area contributed by atoms with E-state index in [9.17, 15) is 9.59 Å². The molecule has 1 rings (SSSR count). The molecule has 0 bridgehead atoms. The highest BCUT2D eigenvalue weighted by atomic mass is 35.5. The molecule has 1 aromatic rings. The Morgan fingerprint density at radius 2 is 2.38 bits per heavy atom. The minimum atomic E-state index is -0.574. The Bertz CT molecular complexity index is 445. The predicted molar refractivity (Wildman–Crippen MR) is 58.3 cm³/mol. The van der Waals surface area contributed by atoms with Crippen molar-refractivity contribution in [2.24, 2.45) is 5.73 Å². The van der Waals surface area contributed by atoms with Gasteiger partial charge in [-0.3, -0.25) is 9.59 Å². The molecule has 0 saturated heterocycles. The fourth-order valence-corrected chi connectivity index (χ4v) is 1.24. The predicted octanol–water partition coefficient (Wildman–Crippen LogP) is -1.21. The number of amides is 1. The third-order valence-electron chi connectivity index (χ3n) is 1.75. The molecule has 0 unspecified atom stereocenters. The monoisotopic (exact) mass is 246 g/mol. The van der Waals surface area contributed by atoms with Gasteiger partial charge in [-0.15, -0.1) is 0 Å². The normalized spacial score (nSPS) is 10.1. The van der Waals surface area contributed by atoms with Crippen molar-refractivity contribution in [1.29, 1.82) is 0 Å². The number of anilines is 1. The zero-order valence-electron chi connectivity index (χ0n) is 8.31. The van der Waals surface area contributed by atoms with Gasteiger partial charge in [0.1, 0.15) is 5.02 Å². The fraction of sp³-hybridized carbons (Fsp3) is 0.375. The van der Waals surface area contributed by atoms with Crippen LogP contribution < -0.4 is 16.6 Å². The van der Waals surface area contributed by atoms with Crippen LogP contribution in [0.4, 0.5) is 5.69 Å². The average molecular weight is 247 g/mol. The zero-order chi connectivity index (χ0) is 12.1. The first-order valence-corrected chi connectivity index (χ1v) is 4.82. The number of primary amides is 1. The lowest BCUT2D eigenvalue weighted by molar-refractivity contribution is -0.116. The van der Waals surface area contributed by atoms with E-state index < -0.39 is 11.5 Å². The van der Waals surface area contributed by atoms with E-state index in [-0.39, 0.29) is 30.4 Å². The quantitative estimate of drug-likeness (QED) is 0.604. The third-order valence-corrected chi connectivity index (χ3v) is 2.12. The van der Waals surface area contributed by atoms with Crippen LogP contribution in [0.3, 0.4) is 0 Å². The van der Waals surface area contributed by atoms with E-state index in [1.165, 1.54) is 6.20 Å². The Morgan fingerprint density at radius 3 is 2.94 bits per heavy atom. The van der Waals surface area contributed by atoms with Crippen LogP contribution in [-0.4, -0.2) is 33.9 Å². The number of halogens is 1. The molecule has 0 aliphatic carbocycles. The second-order valence-electron chi connectivity index (χ2n) is 2.94. The van der Waals surface area contributed by atoms with Crippen LogP contribution in [0.1, 0.15) is 0 Å². The van der Waals surface area contributed by atoms with Crippen molar-refractivity contribution < 1.29 is 9.90 Å². The summed E-state index contributed by atoms with van der Waals surface area (Å²) < 4.78 is 1.03. The van der Waals surface area contributed by atoms with E-state index in [1.807, 2.05) is 0 Å². The van der Waals surface area contributed by atoms with Crippen molar-refractivity contribution in [1.82, 2.24) is 9.78 Å². The first-order valence-electron chi connectivity index (χ1n) is 4.45. The first kappa shape index (κ1) is 12.5. The van der Waals surface area contributed by atoms with Crippen LogP contribution in [0.15, 0.2) is 11.0 Å². The lowest BCUT2D eigenvalue weighted by Crippen LogP contribution is -2.27. The van der Waals surface area contributed by atoms with Gasteiger partial charge < -0.3 is 16.2 Å². The maximum atomic E-state index is 11.5. The van der Waals surface area contributed by atoms with E-state index >= 15 is 0 Å². The summed E-state index contributed by atoms with van der Waals surface area (Å²) in [7, 11) is 0. The Hall–Kier alpha value is -1.60. The number of hydrogen-bond donors (Lipinski definition) is 3. The van der Waals surface area contributed by atoms with Crippen LogP contribution in [0.25, 0.3) is 0 Å². The van der Waals surface area contributed by atoms with Gasteiger partial charge >= 0.3 is 0 Å². The van der Waals surface area contributed by atoms with E-state index in [2.05, 4.69) is 10.4 Å². The smallest absolute Gasteiger partial charge is 0.287 e. The lowest BCUT2D eigenvalue weighted by atomic mass is 10.4. The summed E-state index contributed by atoms with van der Waals surface area (Å²) in [4.78, 5) is 22.0. The Morgan fingerprint density at radius 1 is 1.69 bits per heavy atom.